The summed E-state index contributed by atoms with van der Waals surface area (Å²) in [6.07, 6.45) is 6.65. The first kappa shape index (κ1) is 16.3. The Labute approximate surface area is 149 Å². The van der Waals surface area contributed by atoms with E-state index in [-0.39, 0.29) is 5.91 Å². The number of rotatable bonds is 3. The van der Waals surface area contributed by atoms with Gasteiger partial charge in [0.1, 0.15) is 0 Å². The molecule has 0 bridgehead atoms. The molecule has 0 atom stereocenters. The van der Waals surface area contributed by atoms with Crippen LogP contribution in [0.3, 0.4) is 0 Å². The van der Waals surface area contributed by atoms with Crippen molar-refractivity contribution in [1.29, 1.82) is 0 Å². The zero-order valence-corrected chi connectivity index (χ0v) is 14.7. The summed E-state index contributed by atoms with van der Waals surface area (Å²) in [5.74, 6) is 0.124. The molecule has 1 amide bonds. The lowest BCUT2D eigenvalue weighted by molar-refractivity contribution is 0.0733. The smallest absolute Gasteiger partial charge is 0.254 e. The van der Waals surface area contributed by atoms with Crippen molar-refractivity contribution in [3.63, 3.8) is 0 Å². The number of fused-ring (bicyclic) bond motifs is 1. The van der Waals surface area contributed by atoms with Crippen LogP contribution in [0.25, 0.3) is 0 Å². The molecule has 0 saturated carbocycles. The maximum absolute atomic E-state index is 12.8. The number of pyridine rings is 1. The van der Waals surface area contributed by atoms with Gasteiger partial charge in [-0.1, -0.05) is 24.6 Å². The van der Waals surface area contributed by atoms with Gasteiger partial charge in [-0.3, -0.25) is 14.7 Å². The Kier molecular flexibility index (Phi) is 4.79. The molecule has 0 N–H and O–H groups in total. The van der Waals surface area contributed by atoms with Gasteiger partial charge in [-0.25, -0.2) is 0 Å². The third-order valence-electron chi connectivity index (χ3n) is 5.31. The summed E-state index contributed by atoms with van der Waals surface area (Å²) in [6, 6.07) is 12.2. The lowest BCUT2D eigenvalue weighted by Gasteiger charge is -2.28. The number of likely N-dealkylation sites (tertiary alicyclic amines) is 1. The van der Waals surface area contributed by atoms with Crippen LogP contribution in [0, 0.1) is 0 Å². The molecule has 0 unspecified atom stereocenters. The van der Waals surface area contributed by atoms with E-state index in [1.165, 1.54) is 43.5 Å². The fraction of sp³-hybridized carbons (Fsp3) is 0.429. The summed E-state index contributed by atoms with van der Waals surface area (Å²) >= 11 is 0. The zero-order chi connectivity index (χ0) is 17.1. The number of amides is 1. The molecule has 4 heteroatoms. The summed E-state index contributed by atoms with van der Waals surface area (Å²) in [7, 11) is 0. The van der Waals surface area contributed by atoms with Crippen LogP contribution in [0.1, 0.15) is 46.4 Å². The number of benzene rings is 1. The minimum absolute atomic E-state index is 0.124. The van der Waals surface area contributed by atoms with Crippen LogP contribution >= 0.6 is 0 Å². The average molecular weight is 335 g/mol. The van der Waals surface area contributed by atoms with Crippen LogP contribution in [0.2, 0.25) is 0 Å². The van der Waals surface area contributed by atoms with Crippen molar-refractivity contribution < 1.29 is 4.79 Å². The molecular formula is C21H25N3O. The summed E-state index contributed by atoms with van der Waals surface area (Å²) in [5, 5.41) is 0. The summed E-state index contributed by atoms with van der Waals surface area (Å²) in [4.78, 5) is 21.7. The molecule has 1 fully saturated rings. The Morgan fingerprint density at radius 1 is 1.00 bits per heavy atom. The lowest BCUT2D eigenvalue weighted by atomic mass is 10.0. The molecule has 4 nitrogen and oxygen atoms in total. The van der Waals surface area contributed by atoms with E-state index in [1.54, 1.807) is 0 Å². The van der Waals surface area contributed by atoms with E-state index in [4.69, 9.17) is 0 Å². The minimum atomic E-state index is 0.124. The summed E-state index contributed by atoms with van der Waals surface area (Å²) in [6.45, 7) is 4.80. The van der Waals surface area contributed by atoms with Gasteiger partial charge in [0.15, 0.2) is 0 Å². The van der Waals surface area contributed by atoms with E-state index in [0.717, 1.165) is 30.8 Å². The first-order valence-corrected chi connectivity index (χ1v) is 9.33. The first-order chi connectivity index (χ1) is 12.3. The number of hydrogen-bond acceptors (Lipinski definition) is 3. The Morgan fingerprint density at radius 3 is 2.60 bits per heavy atom. The van der Waals surface area contributed by atoms with Gasteiger partial charge in [-0.05, 0) is 55.3 Å². The molecule has 1 saturated heterocycles. The second-order valence-electron chi connectivity index (χ2n) is 7.12. The van der Waals surface area contributed by atoms with Crippen molar-refractivity contribution in [1.82, 2.24) is 14.8 Å². The summed E-state index contributed by atoms with van der Waals surface area (Å²) < 4.78 is 0. The highest BCUT2D eigenvalue weighted by Crippen LogP contribution is 2.19. The molecule has 2 aliphatic rings. The second kappa shape index (κ2) is 7.36. The Hall–Kier alpha value is -2.20. The van der Waals surface area contributed by atoms with E-state index >= 15 is 0 Å². The number of nitrogens with zero attached hydrogens (tertiary/aromatic N) is 3. The number of carbonyl (C=O) groups excluding carboxylic acids is 1. The number of piperidine rings is 1. The quantitative estimate of drug-likeness (QED) is 0.864. The van der Waals surface area contributed by atoms with Crippen molar-refractivity contribution >= 4 is 5.91 Å². The van der Waals surface area contributed by atoms with E-state index in [0.29, 0.717) is 6.54 Å². The predicted molar refractivity (Wildman–Crippen MR) is 98.3 cm³/mol. The van der Waals surface area contributed by atoms with E-state index in [9.17, 15) is 4.79 Å². The topological polar surface area (TPSA) is 36.4 Å². The third-order valence-corrected chi connectivity index (χ3v) is 5.31. The van der Waals surface area contributed by atoms with Crippen LogP contribution in [0.5, 0.6) is 0 Å². The van der Waals surface area contributed by atoms with Crippen LogP contribution in [0.4, 0.5) is 0 Å². The SMILES string of the molecule is O=C(c1ccc(CN2CCCCC2)cc1)N1CCc2ncccc2C1. The highest BCUT2D eigenvalue weighted by atomic mass is 16.2. The average Bonchev–Trinajstić information content (AvgIpc) is 2.68. The lowest BCUT2D eigenvalue weighted by Crippen LogP contribution is -2.36. The van der Waals surface area contributed by atoms with E-state index in [1.807, 2.05) is 29.3 Å². The maximum Gasteiger partial charge on any atom is 0.254 e. The molecule has 25 heavy (non-hydrogen) atoms. The van der Waals surface area contributed by atoms with E-state index in [2.05, 4.69) is 28.1 Å². The van der Waals surface area contributed by atoms with Crippen molar-refractivity contribution in [3.05, 3.63) is 65.0 Å². The van der Waals surface area contributed by atoms with Gasteiger partial charge < -0.3 is 4.90 Å². The molecule has 130 valence electrons. The monoisotopic (exact) mass is 335 g/mol. The standard InChI is InChI=1S/C21H25N3O/c25-21(24-14-10-20-19(16-24)5-4-11-22-20)18-8-6-17(7-9-18)15-23-12-2-1-3-13-23/h4-9,11H,1-3,10,12-16H2. The molecule has 0 aliphatic carbocycles. The summed E-state index contributed by atoms with van der Waals surface area (Å²) in [5.41, 5.74) is 4.38. The van der Waals surface area contributed by atoms with E-state index < -0.39 is 0 Å². The Balaban J connectivity index is 1.41. The number of hydrogen-bond donors (Lipinski definition) is 0. The second-order valence-corrected chi connectivity index (χ2v) is 7.12. The maximum atomic E-state index is 12.8. The van der Waals surface area contributed by atoms with Gasteiger partial charge in [0.2, 0.25) is 0 Å². The molecule has 0 spiro atoms. The van der Waals surface area contributed by atoms with Crippen LogP contribution < -0.4 is 0 Å². The Bertz CT molecular complexity index is 735. The van der Waals surface area contributed by atoms with Gasteiger partial charge in [0, 0.05) is 43.5 Å². The molecule has 2 aliphatic heterocycles. The molecule has 2 aromatic rings. The molecule has 1 aromatic carbocycles. The third kappa shape index (κ3) is 3.74. The molecule has 0 radical (unpaired) electrons. The van der Waals surface area contributed by atoms with Crippen LogP contribution in [-0.2, 0) is 19.5 Å². The van der Waals surface area contributed by atoms with Gasteiger partial charge >= 0.3 is 0 Å². The van der Waals surface area contributed by atoms with Crippen molar-refractivity contribution in [3.8, 4) is 0 Å². The van der Waals surface area contributed by atoms with Crippen LogP contribution in [-0.4, -0.2) is 40.3 Å². The van der Waals surface area contributed by atoms with Gasteiger partial charge in [-0.2, -0.15) is 0 Å². The number of aromatic nitrogens is 1. The van der Waals surface area contributed by atoms with Gasteiger partial charge in [0.25, 0.3) is 5.91 Å². The number of carbonyl (C=O) groups is 1. The Morgan fingerprint density at radius 2 is 1.80 bits per heavy atom. The molecular weight excluding hydrogens is 310 g/mol. The van der Waals surface area contributed by atoms with Crippen LogP contribution in [0.15, 0.2) is 42.6 Å². The first-order valence-electron chi connectivity index (χ1n) is 9.33. The highest BCUT2D eigenvalue weighted by Gasteiger charge is 2.22. The highest BCUT2D eigenvalue weighted by molar-refractivity contribution is 5.94. The van der Waals surface area contributed by atoms with Gasteiger partial charge in [-0.15, -0.1) is 0 Å². The fourth-order valence-electron chi connectivity index (χ4n) is 3.85. The predicted octanol–water partition coefficient (Wildman–Crippen LogP) is 3.27. The molecule has 1 aromatic heterocycles. The normalized spacial score (nSPS) is 18.0. The fourth-order valence-corrected chi connectivity index (χ4v) is 3.85. The zero-order valence-electron chi connectivity index (χ0n) is 14.7. The molecule has 4 rings (SSSR count). The van der Waals surface area contributed by atoms with Crippen molar-refractivity contribution in [2.24, 2.45) is 0 Å². The van der Waals surface area contributed by atoms with Crippen molar-refractivity contribution in [2.75, 3.05) is 19.6 Å². The largest absolute Gasteiger partial charge is 0.334 e. The van der Waals surface area contributed by atoms with Crippen molar-refractivity contribution in [2.45, 2.75) is 38.8 Å². The van der Waals surface area contributed by atoms with Gasteiger partial charge in [0.05, 0.1) is 0 Å². The minimum Gasteiger partial charge on any atom is -0.334 e. The molecule has 3 heterocycles.